The molecule has 0 saturated heterocycles. The molecule has 1 aliphatic rings. The molecule has 2 aromatic carbocycles. The predicted octanol–water partition coefficient (Wildman–Crippen LogP) is 4.48. The number of hydrogen-bond acceptors (Lipinski definition) is 9. The van der Waals surface area contributed by atoms with Gasteiger partial charge >= 0.3 is 6.09 Å². The van der Waals surface area contributed by atoms with Gasteiger partial charge < -0.3 is 30.7 Å². The summed E-state index contributed by atoms with van der Waals surface area (Å²) in [5, 5.41) is 21.0. The van der Waals surface area contributed by atoms with Crippen molar-refractivity contribution < 1.29 is 19.1 Å². The van der Waals surface area contributed by atoms with E-state index >= 15 is 0 Å². The van der Waals surface area contributed by atoms with Crippen molar-refractivity contribution in [2.75, 3.05) is 13.7 Å². The lowest BCUT2D eigenvalue weighted by atomic mass is 10.0. The number of ether oxygens (including phenoxy) is 2. The van der Waals surface area contributed by atoms with Gasteiger partial charge in [-0.05, 0) is 51.8 Å². The van der Waals surface area contributed by atoms with Crippen molar-refractivity contribution in [3.8, 4) is 6.07 Å². The molecule has 2 amide bonds. The van der Waals surface area contributed by atoms with E-state index in [0.717, 1.165) is 11.1 Å². The molecule has 0 bridgehead atoms. The third-order valence-electron chi connectivity index (χ3n) is 5.68. The highest BCUT2D eigenvalue weighted by Crippen LogP contribution is 2.29. The first kappa shape index (κ1) is 30.7. The highest BCUT2D eigenvalue weighted by molar-refractivity contribution is 7.96. The molecule has 40 heavy (non-hydrogen) atoms. The maximum absolute atomic E-state index is 13.3. The van der Waals surface area contributed by atoms with E-state index < -0.39 is 29.2 Å². The molecule has 0 saturated carbocycles. The lowest BCUT2D eigenvalue weighted by molar-refractivity contribution is -0.127. The van der Waals surface area contributed by atoms with Crippen LogP contribution in [0.3, 0.4) is 0 Å². The van der Waals surface area contributed by atoms with Crippen molar-refractivity contribution in [2.24, 2.45) is 5.10 Å². The number of nitrogens with one attached hydrogen (secondary N) is 2. The summed E-state index contributed by atoms with van der Waals surface area (Å²) in [4.78, 5) is 25.7. The third-order valence-corrected chi connectivity index (χ3v) is 6.67. The summed E-state index contributed by atoms with van der Waals surface area (Å²) >= 11 is 1.35. The fourth-order valence-corrected chi connectivity index (χ4v) is 4.44. The van der Waals surface area contributed by atoms with Crippen LogP contribution >= 0.6 is 11.9 Å². The molecular formula is C28H36N7O4S-. The first-order valence-corrected chi connectivity index (χ1v) is 13.7. The van der Waals surface area contributed by atoms with E-state index in [2.05, 4.69) is 27.3 Å². The molecule has 12 heteroatoms. The number of likely N-dealkylation sites (N-methyl/N-ethyl adjacent to an activating group) is 1. The Labute approximate surface area is 239 Å². The molecule has 2 N–H and O–H groups in total. The Balaban J connectivity index is 1.69. The average molecular weight is 567 g/mol. The van der Waals surface area contributed by atoms with Crippen LogP contribution in [0, 0.1) is 11.3 Å². The summed E-state index contributed by atoms with van der Waals surface area (Å²) < 4.78 is 12.9. The lowest BCUT2D eigenvalue weighted by Crippen LogP contribution is -2.60. The zero-order chi connectivity index (χ0) is 29.3. The first-order valence-electron chi connectivity index (χ1n) is 12.8. The summed E-state index contributed by atoms with van der Waals surface area (Å²) in [7, 11) is 1.78. The van der Waals surface area contributed by atoms with Gasteiger partial charge in [-0.1, -0.05) is 60.5 Å². The summed E-state index contributed by atoms with van der Waals surface area (Å²) in [5.41, 5.74) is 4.70. The van der Waals surface area contributed by atoms with Crippen LogP contribution in [-0.2, 0) is 26.6 Å². The molecule has 214 valence electrons. The van der Waals surface area contributed by atoms with E-state index in [4.69, 9.17) is 9.47 Å². The summed E-state index contributed by atoms with van der Waals surface area (Å²) in [6.45, 7) is 8.88. The normalized spacial score (nSPS) is 14.5. The maximum atomic E-state index is 13.3. The molecule has 1 heterocycles. The quantitative estimate of drug-likeness (QED) is 0.381. The van der Waals surface area contributed by atoms with E-state index in [1.54, 1.807) is 57.3 Å². The molecule has 2 aromatic rings. The third kappa shape index (κ3) is 8.87. The monoisotopic (exact) mass is 566 g/mol. The second-order valence-corrected chi connectivity index (χ2v) is 11.5. The molecule has 0 aliphatic carbocycles. The number of amides is 2. The fraction of sp³-hybridized carbons (Fsp3) is 0.429. The number of alkyl carbamates (subject to hydrolysis) is 1. The zero-order valence-electron chi connectivity index (χ0n) is 23.7. The number of nitriles is 1. The number of nitrogens with zero attached hydrogens (tertiary/aromatic N) is 5. The zero-order valence-corrected chi connectivity index (χ0v) is 24.5. The van der Waals surface area contributed by atoms with E-state index in [-0.39, 0.29) is 6.61 Å². The van der Waals surface area contributed by atoms with Crippen LogP contribution in [0.1, 0.15) is 51.3 Å². The summed E-state index contributed by atoms with van der Waals surface area (Å²) in [5.74, 6) is 0.502. The molecule has 0 spiro atoms. The number of carbonyl (C=O) groups excluding carboxylic acids is 2. The Bertz CT molecular complexity index is 1240. The molecular weight excluding hydrogens is 530 g/mol. The Morgan fingerprint density at radius 1 is 1.10 bits per heavy atom. The highest BCUT2D eigenvalue weighted by atomic mass is 32.2. The molecule has 1 aliphatic heterocycles. The maximum Gasteiger partial charge on any atom is 0.408 e. The fourth-order valence-electron chi connectivity index (χ4n) is 3.59. The number of hydrazine groups is 1. The van der Waals surface area contributed by atoms with Crippen LogP contribution < -0.4 is 10.6 Å². The largest absolute Gasteiger partial charge is 0.507 e. The number of carbonyl (C=O) groups is 2. The Morgan fingerprint density at radius 2 is 1.77 bits per heavy atom. The second-order valence-electron chi connectivity index (χ2n) is 10.6. The van der Waals surface area contributed by atoms with Crippen molar-refractivity contribution in [3.05, 3.63) is 76.8 Å². The molecule has 3 rings (SSSR count). The minimum absolute atomic E-state index is 0.109. The van der Waals surface area contributed by atoms with Gasteiger partial charge in [0.05, 0.1) is 24.8 Å². The van der Waals surface area contributed by atoms with Crippen molar-refractivity contribution in [3.63, 3.8) is 0 Å². The van der Waals surface area contributed by atoms with Gasteiger partial charge in [-0.2, -0.15) is 5.26 Å². The van der Waals surface area contributed by atoms with Gasteiger partial charge in [0.15, 0.2) is 0 Å². The van der Waals surface area contributed by atoms with Crippen LogP contribution in [0.2, 0.25) is 0 Å². The molecule has 0 aromatic heterocycles. The second kappa shape index (κ2) is 13.5. The van der Waals surface area contributed by atoms with Crippen molar-refractivity contribution in [2.45, 2.75) is 64.2 Å². The van der Waals surface area contributed by atoms with E-state index in [9.17, 15) is 14.9 Å². The topological polar surface area (TPSA) is 133 Å². The minimum Gasteiger partial charge on any atom is -0.507 e. The number of hydrogen-bond donors (Lipinski definition) is 2. The highest BCUT2D eigenvalue weighted by Gasteiger charge is 2.35. The van der Waals surface area contributed by atoms with Crippen molar-refractivity contribution >= 4 is 29.8 Å². The predicted molar refractivity (Wildman–Crippen MR) is 154 cm³/mol. The molecule has 0 fully saturated rings. The summed E-state index contributed by atoms with van der Waals surface area (Å²) in [6, 6.07) is 18.6. The molecule has 1 atom stereocenters. The SMILES string of the molecule is CN1C([C@@H](COCc2ccccc2)NC(=O)C(C)(C)NC(=O)OC(C)(C)C)=N[N-]N1SCc1ccccc1C#N. The Hall–Kier alpha value is -3.79. The van der Waals surface area contributed by atoms with Crippen LogP contribution in [0.25, 0.3) is 5.53 Å². The van der Waals surface area contributed by atoms with Crippen molar-refractivity contribution in [1.82, 2.24) is 20.2 Å². The standard InChI is InChI=1S/C28H36N7O4S/c1-27(2,3)39-26(37)31-28(4,5)25(36)30-23(18-38-17-20-12-8-7-9-13-20)24-32-33-35(34(24)6)40-19-22-15-11-10-14-21(22)16-29/h7-15,23H,17-19H2,1-6H3,(H,30,36)(H,31,37)/q-1/t23-/m1/s1. The lowest BCUT2D eigenvalue weighted by Gasteiger charge is -2.36. The average Bonchev–Trinajstić information content (AvgIpc) is 3.25. The Morgan fingerprint density at radius 3 is 2.45 bits per heavy atom. The number of amidine groups is 1. The van der Waals surface area contributed by atoms with Crippen LogP contribution in [0.4, 0.5) is 4.79 Å². The van der Waals surface area contributed by atoms with Crippen molar-refractivity contribution in [1.29, 1.82) is 5.26 Å². The van der Waals surface area contributed by atoms with E-state index in [1.165, 1.54) is 11.9 Å². The summed E-state index contributed by atoms with van der Waals surface area (Å²) in [6.07, 6.45) is -0.699. The molecule has 11 nitrogen and oxygen atoms in total. The van der Waals surface area contributed by atoms with Crippen LogP contribution in [0.15, 0.2) is 59.7 Å². The van der Waals surface area contributed by atoms with E-state index in [0.29, 0.717) is 23.8 Å². The van der Waals surface area contributed by atoms with Gasteiger partial charge in [-0.25, -0.2) is 9.32 Å². The molecule has 0 radical (unpaired) electrons. The van der Waals surface area contributed by atoms with Gasteiger partial charge in [-0.15, -0.1) is 0 Å². The molecule has 0 unspecified atom stereocenters. The van der Waals surface area contributed by atoms with Gasteiger partial charge in [0, 0.05) is 12.8 Å². The first-order chi connectivity index (χ1) is 18.9. The van der Waals surface area contributed by atoms with Crippen LogP contribution in [-0.4, -0.2) is 58.2 Å². The van der Waals surface area contributed by atoms with Gasteiger partial charge in [0.2, 0.25) is 5.91 Å². The number of rotatable bonds is 11. The van der Waals surface area contributed by atoms with Gasteiger partial charge in [0.1, 0.15) is 23.0 Å². The number of benzene rings is 2. The van der Waals surface area contributed by atoms with Crippen LogP contribution in [0.5, 0.6) is 0 Å². The Kier molecular flexibility index (Phi) is 10.4. The smallest absolute Gasteiger partial charge is 0.408 e. The minimum atomic E-state index is -1.29. The van der Waals surface area contributed by atoms with Gasteiger partial charge in [-0.3, -0.25) is 9.80 Å². The van der Waals surface area contributed by atoms with Gasteiger partial charge in [0.25, 0.3) is 0 Å². The van der Waals surface area contributed by atoms with E-state index in [1.807, 2.05) is 48.5 Å².